The normalized spacial score (nSPS) is 22.5. The van der Waals surface area contributed by atoms with Gasteiger partial charge in [0.1, 0.15) is 12.2 Å². The van der Waals surface area contributed by atoms with Gasteiger partial charge in [0.15, 0.2) is 12.2 Å². The highest BCUT2D eigenvalue weighted by Gasteiger charge is 2.64. The number of hydrogen-bond acceptors (Lipinski definition) is 7. The fraction of sp³-hybridized carbons (Fsp3) is 0.176. The van der Waals surface area contributed by atoms with Gasteiger partial charge in [0, 0.05) is 0 Å². The minimum Gasteiger partial charge on any atom is -0.356 e. The predicted molar refractivity (Wildman–Crippen MR) is 154 cm³/mol. The zero-order chi connectivity index (χ0) is 27.9. The van der Waals surface area contributed by atoms with Gasteiger partial charge in [-0.3, -0.25) is 4.74 Å². The third-order valence-electron chi connectivity index (χ3n) is 8.20. The minimum absolute atomic E-state index is 0.715. The van der Waals surface area contributed by atoms with Gasteiger partial charge in [0.25, 0.3) is 0 Å². The largest absolute Gasteiger partial charge is 0.356 e. The van der Waals surface area contributed by atoms with Gasteiger partial charge in [-0.1, -0.05) is 84.9 Å². The molecule has 2 aliphatic heterocycles. The summed E-state index contributed by atoms with van der Waals surface area (Å²) in [7, 11) is 0. The van der Waals surface area contributed by atoms with E-state index in [4.69, 9.17) is 14.2 Å². The Labute approximate surface area is 234 Å². The lowest BCUT2D eigenvalue weighted by Crippen LogP contribution is -2.51. The van der Waals surface area contributed by atoms with E-state index in [0.29, 0.717) is 0 Å². The van der Waals surface area contributed by atoms with E-state index in [0.717, 1.165) is 54.2 Å². The molecule has 4 atom stereocenters. The Morgan fingerprint density at radius 3 is 1.24 bits per heavy atom. The fourth-order valence-corrected chi connectivity index (χ4v) is 6.09. The first-order chi connectivity index (χ1) is 19.8. The molecule has 2 saturated heterocycles. The highest BCUT2D eigenvalue weighted by molar-refractivity contribution is 6.01. The molecule has 0 aliphatic carbocycles. The molecule has 41 heavy (non-hydrogen) atoms. The first-order valence-electron chi connectivity index (χ1n) is 13.5. The van der Waals surface area contributed by atoms with Crippen LogP contribution in [-0.2, 0) is 14.2 Å². The average Bonchev–Trinajstić information content (AvgIpc) is 3.88. The van der Waals surface area contributed by atoms with E-state index in [1.165, 1.54) is 0 Å². The molecule has 2 heterocycles. The summed E-state index contributed by atoms with van der Waals surface area (Å²) in [5, 5.41) is 51.3. The van der Waals surface area contributed by atoms with Crippen LogP contribution in [0.2, 0.25) is 0 Å². The second kappa shape index (κ2) is 8.79. The molecule has 0 amide bonds. The average molecular weight is 547 g/mol. The maximum atomic E-state index is 10.8. The predicted octanol–water partition coefficient (Wildman–Crippen LogP) is 5.17. The molecule has 0 saturated carbocycles. The van der Waals surface area contributed by atoms with E-state index in [1.807, 2.05) is 97.1 Å². The molecule has 6 aromatic carbocycles. The smallest absolute Gasteiger partial charge is 0.313 e. The van der Waals surface area contributed by atoms with Gasteiger partial charge in [0.2, 0.25) is 0 Å². The van der Waals surface area contributed by atoms with Crippen LogP contribution in [0.15, 0.2) is 109 Å². The number of rotatable bonds is 6. The molecule has 2 fully saturated rings. The van der Waals surface area contributed by atoms with Crippen LogP contribution in [0.3, 0.4) is 0 Å². The van der Waals surface area contributed by atoms with Crippen molar-refractivity contribution >= 4 is 43.1 Å². The van der Waals surface area contributed by atoms with Crippen molar-refractivity contribution in [3.63, 3.8) is 0 Å². The van der Waals surface area contributed by atoms with Crippen molar-refractivity contribution in [1.29, 1.82) is 0 Å². The third-order valence-corrected chi connectivity index (χ3v) is 8.20. The molecule has 0 aromatic heterocycles. The molecule has 4 unspecified atom stereocenters. The van der Waals surface area contributed by atoms with Crippen molar-refractivity contribution in [1.82, 2.24) is 0 Å². The van der Waals surface area contributed by atoms with Gasteiger partial charge >= 0.3 is 11.9 Å². The van der Waals surface area contributed by atoms with Crippen LogP contribution in [0.1, 0.15) is 23.3 Å². The van der Waals surface area contributed by atoms with Crippen LogP contribution >= 0.6 is 0 Å². The number of aliphatic hydroxyl groups is 4. The molecule has 7 nitrogen and oxygen atoms in total. The maximum absolute atomic E-state index is 10.8. The number of fused-ring (bicyclic) bond motifs is 4. The quantitative estimate of drug-likeness (QED) is 0.129. The Hall–Kier alpha value is -3.92. The van der Waals surface area contributed by atoms with E-state index in [9.17, 15) is 20.4 Å². The van der Waals surface area contributed by atoms with Gasteiger partial charge in [-0.2, -0.15) is 0 Å². The summed E-state index contributed by atoms with van der Waals surface area (Å²) in [6.45, 7) is 0. The summed E-state index contributed by atoms with van der Waals surface area (Å²) in [5.41, 5.74) is 1.50. The second-order valence-corrected chi connectivity index (χ2v) is 10.9. The van der Waals surface area contributed by atoms with Crippen molar-refractivity contribution in [3.8, 4) is 0 Å². The molecular formula is C34H26O7. The number of epoxide rings is 2. The van der Waals surface area contributed by atoms with Crippen molar-refractivity contribution in [2.24, 2.45) is 0 Å². The van der Waals surface area contributed by atoms with Gasteiger partial charge in [0.05, 0.1) is 0 Å². The molecule has 7 heteroatoms. The highest BCUT2D eigenvalue weighted by Crippen LogP contribution is 2.51. The SMILES string of the molecule is OC(O)(OC(O)(O)C1OC1c1cccc2cc3ccccc3cc12)C1OC1c1cccc2cc3ccccc3cc12. The topological polar surface area (TPSA) is 115 Å². The minimum atomic E-state index is -2.99. The molecule has 0 spiro atoms. The number of benzene rings is 6. The monoisotopic (exact) mass is 546 g/mol. The molecule has 8 rings (SSSR count). The fourth-order valence-electron chi connectivity index (χ4n) is 6.09. The Bertz CT molecular complexity index is 1840. The van der Waals surface area contributed by atoms with Crippen molar-refractivity contribution in [3.05, 3.63) is 120 Å². The zero-order valence-electron chi connectivity index (χ0n) is 21.7. The lowest BCUT2D eigenvalue weighted by molar-refractivity contribution is -0.478. The highest BCUT2D eigenvalue weighted by atomic mass is 16.9. The Morgan fingerprint density at radius 1 is 0.463 bits per heavy atom. The molecule has 0 radical (unpaired) electrons. The molecule has 2 aliphatic rings. The van der Waals surface area contributed by atoms with Crippen LogP contribution < -0.4 is 0 Å². The summed E-state index contributed by atoms with van der Waals surface area (Å²) < 4.78 is 16.4. The van der Waals surface area contributed by atoms with E-state index in [-0.39, 0.29) is 0 Å². The number of ether oxygens (including phenoxy) is 3. The van der Waals surface area contributed by atoms with Crippen LogP contribution in [0.4, 0.5) is 0 Å². The summed E-state index contributed by atoms with van der Waals surface area (Å²) in [5.74, 6) is -5.97. The first kappa shape index (κ1) is 24.8. The van der Waals surface area contributed by atoms with Crippen LogP contribution in [-0.4, -0.2) is 44.6 Å². The maximum Gasteiger partial charge on any atom is 0.313 e. The van der Waals surface area contributed by atoms with Gasteiger partial charge in [-0.25, -0.2) is 0 Å². The van der Waals surface area contributed by atoms with Crippen LogP contribution in [0.25, 0.3) is 43.1 Å². The Kier molecular flexibility index (Phi) is 5.32. The lowest BCUT2D eigenvalue weighted by Gasteiger charge is -2.28. The van der Waals surface area contributed by atoms with Crippen LogP contribution in [0.5, 0.6) is 0 Å². The molecule has 0 bridgehead atoms. The third kappa shape index (κ3) is 4.18. The standard InChI is InChI=1S/C34H26O7/c35-33(36,31-29(39-31)25-13-5-11-23-15-19-7-1-3-9-21(19)17-27(23)25)41-34(37,38)32-30(40-32)26-14-6-12-24-16-20-8-2-4-10-22(20)18-28(24)26/h1-18,29-32,35-38H. The summed E-state index contributed by atoms with van der Waals surface area (Å²) in [4.78, 5) is 0. The van der Waals surface area contributed by atoms with Crippen molar-refractivity contribution < 1.29 is 34.6 Å². The zero-order valence-corrected chi connectivity index (χ0v) is 21.7. The van der Waals surface area contributed by atoms with Gasteiger partial charge in [-0.15, -0.1) is 0 Å². The molecular weight excluding hydrogens is 520 g/mol. The summed E-state index contributed by atoms with van der Waals surface area (Å²) in [6.07, 6.45) is -3.90. The first-order valence-corrected chi connectivity index (χ1v) is 13.5. The summed E-state index contributed by atoms with van der Waals surface area (Å²) >= 11 is 0. The van der Waals surface area contributed by atoms with Crippen LogP contribution in [0, 0.1) is 0 Å². The second-order valence-electron chi connectivity index (χ2n) is 10.9. The van der Waals surface area contributed by atoms with E-state index < -0.39 is 36.4 Å². The van der Waals surface area contributed by atoms with Crippen molar-refractivity contribution in [2.45, 2.75) is 36.4 Å². The van der Waals surface area contributed by atoms with Gasteiger partial charge in [-0.05, 0) is 78.5 Å². The van der Waals surface area contributed by atoms with Gasteiger partial charge < -0.3 is 29.9 Å². The van der Waals surface area contributed by atoms with Crippen molar-refractivity contribution in [2.75, 3.05) is 0 Å². The number of hydrogen-bond donors (Lipinski definition) is 4. The molecule has 6 aromatic rings. The van der Waals surface area contributed by atoms with E-state index >= 15 is 0 Å². The molecule has 4 N–H and O–H groups in total. The van der Waals surface area contributed by atoms with E-state index in [1.54, 1.807) is 0 Å². The Balaban J connectivity index is 1.04. The molecule has 204 valence electrons. The Morgan fingerprint density at radius 2 is 0.829 bits per heavy atom. The lowest BCUT2D eigenvalue weighted by atomic mass is 9.96. The van der Waals surface area contributed by atoms with E-state index in [2.05, 4.69) is 12.1 Å². The summed E-state index contributed by atoms with van der Waals surface area (Å²) in [6, 6.07) is 35.6.